The lowest BCUT2D eigenvalue weighted by Crippen LogP contribution is -2.55. The fraction of sp³-hybridized carbons (Fsp3) is 0.500. The average Bonchev–Trinajstić information content (AvgIpc) is 3.47. The van der Waals surface area contributed by atoms with Gasteiger partial charge in [-0.05, 0) is 68.0 Å². The zero-order valence-electron chi connectivity index (χ0n) is 25.4. The summed E-state index contributed by atoms with van der Waals surface area (Å²) in [5.74, 6) is 1.12. The molecule has 0 unspecified atom stereocenters. The Labute approximate surface area is 269 Å². The second kappa shape index (κ2) is 14.7. The largest absolute Gasteiger partial charge is 0.483 e. The summed E-state index contributed by atoms with van der Waals surface area (Å²) in [5.41, 5.74) is 3.43. The van der Waals surface area contributed by atoms with Crippen LogP contribution in [0.25, 0.3) is 10.8 Å². The Morgan fingerprint density at radius 3 is 2.62 bits per heavy atom. The number of fused-ring (bicyclic) bond motifs is 2. The fourth-order valence-corrected chi connectivity index (χ4v) is 8.32. The van der Waals surface area contributed by atoms with Gasteiger partial charge in [-0.2, -0.15) is 19.5 Å². The van der Waals surface area contributed by atoms with E-state index in [-0.39, 0.29) is 19.4 Å². The van der Waals surface area contributed by atoms with E-state index in [1.165, 1.54) is 20.6 Å². The summed E-state index contributed by atoms with van der Waals surface area (Å²) < 4.78 is 33.0. The van der Waals surface area contributed by atoms with Crippen molar-refractivity contribution in [2.45, 2.75) is 56.5 Å². The summed E-state index contributed by atoms with van der Waals surface area (Å²) in [6.45, 7) is 2.42. The molecule has 0 bridgehead atoms. The number of piperazine rings is 1. The number of rotatable bonds is 8. The van der Waals surface area contributed by atoms with Gasteiger partial charge in [-0.25, -0.2) is 8.42 Å². The van der Waals surface area contributed by atoms with E-state index in [4.69, 9.17) is 36.2 Å². The molecule has 13 heteroatoms. The standard InChI is InChI=1S/C31H37ClN6O3S.CH2O2/c1-36-15-5-8-25(36)20-41-31-34-29-18-23(27-10-4-7-22-6-2-3-9-26(22)27)11-12-28(29)30(35-31)37-16-17-38(42(39,40)21-32)24(19-37)13-14-33;2-1-3/h2-4,6-7,9-10,23-25H,5,8,11-13,15-21H2,1H3;1H,(H,2,3)/t23-,24-,25-;/m0./s1. The SMILES string of the molecule is CN1CCC[C@H]1COc1nc2c(c(N3CCN(S(=O)(=O)CCl)[C@@H](CC#N)C3)n1)CC[C@H](c1cccc3ccccc13)C2.O=CO. The van der Waals surface area contributed by atoms with Crippen LogP contribution in [0.15, 0.2) is 42.5 Å². The van der Waals surface area contributed by atoms with E-state index in [0.717, 1.165) is 55.7 Å². The lowest BCUT2D eigenvalue weighted by atomic mass is 9.80. The molecule has 0 amide bonds. The van der Waals surface area contributed by atoms with Gasteiger partial charge in [0, 0.05) is 31.2 Å². The number of carbonyl (C=O) groups is 1. The molecular formula is C32H39ClN6O5S. The Morgan fingerprint density at radius 1 is 1.11 bits per heavy atom. The predicted octanol–water partition coefficient (Wildman–Crippen LogP) is 4.01. The monoisotopic (exact) mass is 654 g/mol. The number of hydrogen-bond donors (Lipinski definition) is 1. The first-order valence-corrected chi connectivity index (χ1v) is 17.4. The molecule has 0 saturated carbocycles. The highest BCUT2D eigenvalue weighted by Crippen LogP contribution is 2.39. The quantitative estimate of drug-likeness (QED) is 0.280. The average molecular weight is 655 g/mol. The zero-order valence-corrected chi connectivity index (χ0v) is 27.0. The third kappa shape index (κ3) is 7.33. The molecule has 3 heterocycles. The van der Waals surface area contributed by atoms with Crippen molar-refractivity contribution in [3.8, 4) is 12.1 Å². The number of benzene rings is 2. The molecule has 45 heavy (non-hydrogen) atoms. The van der Waals surface area contributed by atoms with Crippen LogP contribution >= 0.6 is 11.6 Å². The molecular weight excluding hydrogens is 616 g/mol. The molecule has 3 aromatic rings. The van der Waals surface area contributed by atoms with Crippen LogP contribution in [0.3, 0.4) is 0 Å². The Bertz CT molecular complexity index is 1650. The van der Waals surface area contributed by atoms with Gasteiger partial charge in [-0.3, -0.25) is 4.79 Å². The minimum atomic E-state index is -3.64. The van der Waals surface area contributed by atoms with Gasteiger partial charge in [-0.1, -0.05) is 42.5 Å². The van der Waals surface area contributed by atoms with Gasteiger partial charge in [0.25, 0.3) is 6.47 Å². The number of hydrogen-bond acceptors (Lipinski definition) is 9. The Morgan fingerprint density at radius 2 is 1.89 bits per heavy atom. The third-order valence-electron chi connectivity index (χ3n) is 9.12. The van der Waals surface area contributed by atoms with Gasteiger partial charge in [0.1, 0.15) is 17.6 Å². The number of aromatic nitrogens is 2. The molecule has 6 rings (SSSR count). The normalized spacial score (nSPS) is 22.2. The molecule has 2 fully saturated rings. The highest BCUT2D eigenvalue weighted by molar-refractivity contribution is 7.90. The summed E-state index contributed by atoms with van der Waals surface area (Å²) in [6, 6.07) is 17.4. The summed E-state index contributed by atoms with van der Waals surface area (Å²) in [7, 11) is -1.52. The highest BCUT2D eigenvalue weighted by Gasteiger charge is 2.37. The Balaban J connectivity index is 0.00000128. The summed E-state index contributed by atoms with van der Waals surface area (Å²) in [6.07, 6.45) is 4.88. The summed E-state index contributed by atoms with van der Waals surface area (Å²) in [4.78, 5) is 22.7. The van der Waals surface area contributed by atoms with Crippen molar-refractivity contribution in [1.82, 2.24) is 19.2 Å². The predicted molar refractivity (Wildman–Crippen MR) is 173 cm³/mol. The maximum Gasteiger partial charge on any atom is 0.318 e. The Kier molecular flexibility index (Phi) is 10.8. The first-order valence-electron chi connectivity index (χ1n) is 15.2. The minimum absolute atomic E-state index is 0.0838. The second-order valence-corrected chi connectivity index (χ2v) is 14.3. The van der Waals surface area contributed by atoms with Crippen molar-refractivity contribution in [3.05, 3.63) is 59.3 Å². The van der Waals surface area contributed by atoms with Gasteiger partial charge in [0.2, 0.25) is 10.0 Å². The van der Waals surface area contributed by atoms with Crippen molar-refractivity contribution in [2.75, 3.05) is 49.9 Å². The molecule has 0 radical (unpaired) electrons. The number of nitrogens with zero attached hydrogens (tertiary/aromatic N) is 6. The number of likely N-dealkylation sites (tertiary alicyclic amines) is 1. The van der Waals surface area contributed by atoms with E-state index >= 15 is 0 Å². The lowest BCUT2D eigenvalue weighted by Gasteiger charge is -2.41. The summed E-state index contributed by atoms with van der Waals surface area (Å²) >= 11 is 5.79. The number of ether oxygens (including phenoxy) is 1. The van der Waals surface area contributed by atoms with Gasteiger partial charge >= 0.3 is 6.01 Å². The fourth-order valence-electron chi connectivity index (χ4n) is 6.86. The summed E-state index contributed by atoms with van der Waals surface area (Å²) in [5, 5.41) is 18.4. The number of carboxylic acid groups (broad SMARTS) is 1. The molecule has 2 aromatic carbocycles. The van der Waals surface area contributed by atoms with Crippen LogP contribution in [0.2, 0.25) is 0 Å². The second-order valence-electron chi connectivity index (χ2n) is 11.7. The molecule has 0 spiro atoms. The number of sulfonamides is 1. The molecule has 2 saturated heterocycles. The van der Waals surface area contributed by atoms with Crippen LogP contribution in [0, 0.1) is 11.3 Å². The van der Waals surface area contributed by atoms with Gasteiger partial charge in [0.05, 0.1) is 24.2 Å². The van der Waals surface area contributed by atoms with Crippen LogP contribution in [-0.2, 0) is 27.7 Å². The van der Waals surface area contributed by atoms with Crippen LogP contribution < -0.4 is 9.64 Å². The minimum Gasteiger partial charge on any atom is -0.483 e. The lowest BCUT2D eigenvalue weighted by molar-refractivity contribution is -0.122. The first kappa shape index (κ1) is 32.9. The Hall–Kier alpha value is -3.50. The van der Waals surface area contributed by atoms with Crippen molar-refractivity contribution < 1.29 is 23.1 Å². The third-order valence-corrected chi connectivity index (χ3v) is 11.4. The topological polar surface area (TPSA) is 140 Å². The van der Waals surface area contributed by atoms with Gasteiger partial charge in [-0.15, -0.1) is 11.6 Å². The molecule has 1 N–H and O–H groups in total. The van der Waals surface area contributed by atoms with E-state index in [1.807, 2.05) is 0 Å². The van der Waals surface area contributed by atoms with Crippen LogP contribution in [-0.4, -0.2) is 96.3 Å². The maximum absolute atomic E-state index is 12.7. The van der Waals surface area contributed by atoms with Crippen molar-refractivity contribution in [2.24, 2.45) is 0 Å². The first-order chi connectivity index (χ1) is 21.8. The van der Waals surface area contributed by atoms with E-state index in [2.05, 4.69) is 65.4 Å². The van der Waals surface area contributed by atoms with Crippen LogP contribution in [0.5, 0.6) is 6.01 Å². The van der Waals surface area contributed by atoms with Gasteiger partial charge < -0.3 is 19.6 Å². The van der Waals surface area contributed by atoms with E-state index in [1.54, 1.807) is 0 Å². The zero-order chi connectivity index (χ0) is 32.0. The highest BCUT2D eigenvalue weighted by atomic mass is 35.5. The van der Waals surface area contributed by atoms with Crippen LogP contribution in [0.1, 0.15) is 48.4 Å². The molecule has 1 aromatic heterocycles. The number of alkyl halides is 1. The van der Waals surface area contributed by atoms with Crippen molar-refractivity contribution >= 4 is 44.7 Å². The van der Waals surface area contributed by atoms with Crippen LogP contribution in [0.4, 0.5) is 5.82 Å². The molecule has 2 aliphatic heterocycles. The number of halogens is 1. The van der Waals surface area contributed by atoms with Crippen molar-refractivity contribution in [1.29, 1.82) is 5.26 Å². The molecule has 11 nitrogen and oxygen atoms in total. The smallest absolute Gasteiger partial charge is 0.318 e. The van der Waals surface area contributed by atoms with Crippen molar-refractivity contribution in [3.63, 3.8) is 0 Å². The van der Waals surface area contributed by atoms with E-state index in [9.17, 15) is 13.7 Å². The molecule has 1 aliphatic carbocycles. The van der Waals surface area contributed by atoms with E-state index in [0.29, 0.717) is 37.7 Å². The number of likely N-dealkylation sites (N-methyl/N-ethyl adjacent to an activating group) is 1. The maximum atomic E-state index is 12.7. The number of nitriles is 1. The van der Waals surface area contributed by atoms with E-state index < -0.39 is 21.3 Å². The number of anilines is 1. The van der Waals surface area contributed by atoms with Gasteiger partial charge in [0.15, 0.2) is 0 Å². The molecule has 3 atom stereocenters. The molecule has 3 aliphatic rings. The molecule has 240 valence electrons.